The molecule has 4 aromatic rings. The van der Waals surface area contributed by atoms with Gasteiger partial charge in [0.15, 0.2) is 0 Å². The van der Waals surface area contributed by atoms with Crippen molar-refractivity contribution in [2.24, 2.45) is 0 Å². The van der Waals surface area contributed by atoms with Crippen LogP contribution in [-0.4, -0.2) is 63.2 Å². The molecule has 0 bridgehead atoms. The third-order valence-corrected chi connectivity index (χ3v) is 16.1. The van der Waals surface area contributed by atoms with Gasteiger partial charge in [-0.25, -0.2) is 0 Å². The predicted octanol–water partition coefficient (Wildman–Crippen LogP) is 3.41. The topological polar surface area (TPSA) is 217 Å². The van der Waals surface area contributed by atoms with Gasteiger partial charge >= 0.3 is 0 Å². The van der Waals surface area contributed by atoms with E-state index in [1.54, 1.807) is 24.3 Å². The van der Waals surface area contributed by atoms with Gasteiger partial charge in [-0.3, -0.25) is 18.2 Å². The normalized spacial score (nSPS) is 14.3. The fraction of sp³-hybridized carbons (Fsp3) is 0.172. The van der Waals surface area contributed by atoms with Crippen molar-refractivity contribution < 1.29 is 51.9 Å². The van der Waals surface area contributed by atoms with E-state index in [9.17, 15) is 51.9 Å². The molecule has 18 heteroatoms. The van der Waals surface area contributed by atoms with Crippen LogP contribution in [0.5, 0.6) is 0 Å². The lowest BCUT2D eigenvalue weighted by molar-refractivity contribution is 0.481. The first-order chi connectivity index (χ1) is 21.7. The SMILES string of the molecule is C[C@@H](C[C@H](C)P(c1cccc(S(=O)(=O)O)c1)c1cccc(S(=O)(=O)O)c1)P(c1cccc(S(=O)(=O)O)c1)c1cccc(S(=O)(=O)O)c1. The number of hydrogen-bond acceptors (Lipinski definition) is 8. The molecule has 47 heavy (non-hydrogen) atoms. The molecule has 0 radical (unpaired) electrons. The van der Waals surface area contributed by atoms with Crippen LogP contribution >= 0.6 is 15.8 Å². The minimum atomic E-state index is -4.60. The van der Waals surface area contributed by atoms with Crippen LogP contribution in [-0.2, 0) is 40.5 Å². The Bertz CT molecular complexity index is 1930. The van der Waals surface area contributed by atoms with E-state index >= 15 is 0 Å². The molecular formula is C29H30O12P2S4. The highest BCUT2D eigenvalue weighted by Gasteiger charge is 2.30. The summed E-state index contributed by atoms with van der Waals surface area (Å²) in [5.74, 6) is 0. The van der Waals surface area contributed by atoms with E-state index < -0.39 is 56.3 Å². The third kappa shape index (κ3) is 9.30. The van der Waals surface area contributed by atoms with Crippen LogP contribution in [0.25, 0.3) is 0 Å². The first-order valence-corrected chi connectivity index (χ1v) is 22.1. The van der Waals surface area contributed by atoms with E-state index in [2.05, 4.69) is 0 Å². The number of rotatable bonds is 12. The van der Waals surface area contributed by atoms with E-state index in [-0.39, 0.29) is 30.9 Å². The quantitative estimate of drug-likeness (QED) is 0.121. The lowest BCUT2D eigenvalue weighted by atomic mass is 10.3. The average molecular weight is 761 g/mol. The zero-order chi connectivity index (χ0) is 34.9. The Balaban J connectivity index is 1.87. The van der Waals surface area contributed by atoms with Crippen molar-refractivity contribution in [1.82, 2.24) is 0 Å². The smallest absolute Gasteiger partial charge is 0.282 e. The Morgan fingerprint density at radius 3 is 0.851 bits per heavy atom. The van der Waals surface area contributed by atoms with Crippen molar-refractivity contribution in [3.05, 3.63) is 97.1 Å². The molecule has 0 unspecified atom stereocenters. The minimum absolute atomic E-state index is 0.329. The molecule has 12 nitrogen and oxygen atoms in total. The van der Waals surface area contributed by atoms with E-state index in [4.69, 9.17) is 0 Å². The summed E-state index contributed by atoms with van der Waals surface area (Å²) >= 11 is 0. The van der Waals surface area contributed by atoms with Crippen LogP contribution < -0.4 is 21.2 Å². The molecule has 0 saturated heterocycles. The van der Waals surface area contributed by atoms with Crippen LogP contribution in [0.1, 0.15) is 20.3 Å². The maximum atomic E-state index is 12.0. The summed E-state index contributed by atoms with van der Waals surface area (Å²) in [7, 11) is -21.6. The van der Waals surface area contributed by atoms with Gasteiger partial charge in [-0.15, -0.1) is 0 Å². The Labute approximate surface area is 276 Å². The Morgan fingerprint density at radius 2 is 0.660 bits per heavy atom. The second-order valence-corrected chi connectivity index (χ2v) is 21.6. The maximum absolute atomic E-state index is 12.0. The molecule has 0 saturated carbocycles. The molecule has 0 aliphatic carbocycles. The molecule has 4 rings (SSSR count). The summed E-state index contributed by atoms with van der Waals surface area (Å²) in [5.41, 5.74) is -0.736. The first kappa shape index (κ1) is 37.2. The Kier molecular flexibility index (Phi) is 11.1. The summed E-state index contributed by atoms with van der Waals surface area (Å²) in [4.78, 5) is -1.50. The Morgan fingerprint density at radius 1 is 0.447 bits per heavy atom. The predicted molar refractivity (Wildman–Crippen MR) is 181 cm³/mol. The molecule has 0 heterocycles. The van der Waals surface area contributed by atoms with Gasteiger partial charge in [-0.2, -0.15) is 33.7 Å². The number of benzene rings is 4. The average Bonchev–Trinajstić information content (AvgIpc) is 2.96. The molecule has 0 spiro atoms. The van der Waals surface area contributed by atoms with Gasteiger partial charge in [0.25, 0.3) is 40.5 Å². The van der Waals surface area contributed by atoms with Gasteiger partial charge in [0.1, 0.15) is 0 Å². The molecule has 0 aromatic heterocycles. The molecule has 0 fully saturated rings. The van der Waals surface area contributed by atoms with Crippen molar-refractivity contribution in [2.75, 3.05) is 0 Å². The monoisotopic (exact) mass is 760 g/mol. The van der Waals surface area contributed by atoms with E-state index in [0.29, 0.717) is 27.6 Å². The van der Waals surface area contributed by atoms with Crippen molar-refractivity contribution in [2.45, 2.75) is 51.2 Å². The summed E-state index contributed by atoms with van der Waals surface area (Å²) < 4.78 is 135. The molecule has 0 aliphatic heterocycles. The molecular weight excluding hydrogens is 731 g/mol. The Hall–Kier alpha value is -2.62. The highest BCUT2D eigenvalue weighted by atomic mass is 32.2. The summed E-state index contributed by atoms with van der Waals surface area (Å²) in [6, 6.07) is 22.3. The summed E-state index contributed by atoms with van der Waals surface area (Å²) in [6.45, 7) is 3.69. The second kappa shape index (κ2) is 14.1. The minimum Gasteiger partial charge on any atom is -0.282 e. The molecule has 2 atom stereocenters. The van der Waals surface area contributed by atoms with Crippen molar-refractivity contribution in [3.8, 4) is 0 Å². The van der Waals surface area contributed by atoms with Crippen LogP contribution in [0.3, 0.4) is 0 Å². The second-order valence-electron chi connectivity index (χ2n) is 10.6. The largest absolute Gasteiger partial charge is 0.294 e. The van der Waals surface area contributed by atoms with Crippen LogP contribution in [0, 0.1) is 0 Å². The van der Waals surface area contributed by atoms with Gasteiger partial charge < -0.3 is 0 Å². The molecule has 252 valence electrons. The van der Waals surface area contributed by atoms with E-state index in [0.717, 1.165) is 0 Å². The van der Waals surface area contributed by atoms with Gasteiger partial charge in [0, 0.05) is 0 Å². The van der Waals surface area contributed by atoms with Crippen molar-refractivity contribution in [1.29, 1.82) is 0 Å². The molecule has 4 aromatic carbocycles. The van der Waals surface area contributed by atoms with Crippen LogP contribution in [0.4, 0.5) is 0 Å². The summed E-state index contributed by atoms with van der Waals surface area (Å²) in [6.07, 6.45) is 0.329. The maximum Gasteiger partial charge on any atom is 0.294 e. The summed E-state index contributed by atoms with van der Waals surface area (Å²) in [5, 5.41) is 1.86. The third-order valence-electron chi connectivity index (χ3n) is 7.14. The van der Waals surface area contributed by atoms with Crippen molar-refractivity contribution in [3.63, 3.8) is 0 Å². The van der Waals surface area contributed by atoms with Gasteiger partial charge in [0.2, 0.25) is 0 Å². The van der Waals surface area contributed by atoms with Gasteiger partial charge in [0.05, 0.1) is 19.6 Å². The fourth-order valence-corrected chi connectivity index (χ4v) is 13.6. The van der Waals surface area contributed by atoms with Crippen LogP contribution in [0.15, 0.2) is 117 Å². The van der Waals surface area contributed by atoms with E-state index in [1.165, 1.54) is 72.8 Å². The molecule has 4 N–H and O–H groups in total. The standard InChI is InChI=1S/C29H30O12P2S4/c1-20(42(22-7-3-11-26(16-22)44(30,31)32)23-8-4-12-27(17-23)45(33,34)35)15-21(2)43(24-9-5-13-28(18-24)46(36,37)38)25-10-6-14-29(19-25)47(39,40)41/h3-14,16-21H,15H2,1-2H3,(H,30,31,32)(H,33,34,35)(H,36,37,38)(H,39,40,41)/t20-,21-/m0/s1. The van der Waals surface area contributed by atoms with Gasteiger partial charge in [-0.05, 0) is 103 Å². The van der Waals surface area contributed by atoms with E-state index in [1.807, 2.05) is 13.8 Å². The highest BCUT2D eigenvalue weighted by Crippen LogP contribution is 2.48. The lowest BCUT2D eigenvalue weighted by Crippen LogP contribution is -2.27. The molecule has 0 aliphatic rings. The van der Waals surface area contributed by atoms with Crippen molar-refractivity contribution >= 4 is 77.5 Å². The zero-order valence-corrected chi connectivity index (χ0v) is 29.7. The highest BCUT2D eigenvalue weighted by molar-refractivity contribution is 7.86. The first-order valence-electron chi connectivity index (χ1n) is 13.5. The fourth-order valence-electron chi connectivity index (χ4n) is 5.20. The van der Waals surface area contributed by atoms with Gasteiger partial charge in [-0.1, -0.05) is 62.4 Å². The number of hydrogen-bond donors (Lipinski definition) is 4. The van der Waals surface area contributed by atoms with Crippen LogP contribution in [0.2, 0.25) is 0 Å². The zero-order valence-electron chi connectivity index (χ0n) is 24.7. The molecule has 0 amide bonds. The lowest BCUT2D eigenvalue weighted by Gasteiger charge is -2.32.